The molecule has 0 aliphatic carbocycles. The van der Waals surface area contributed by atoms with Crippen molar-refractivity contribution < 1.29 is 9.21 Å². The van der Waals surface area contributed by atoms with E-state index in [0.717, 1.165) is 11.0 Å². The lowest BCUT2D eigenvalue weighted by molar-refractivity contribution is -0.106. The molecular weight excluding hydrogens is 216 g/mol. The highest BCUT2D eigenvalue weighted by Crippen LogP contribution is 2.20. The zero-order chi connectivity index (χ0) is 12.1. The van der Waals surface area contributed by atoms with Gasteiger partial charge in [0.05, 0.1) is 24.7 Å². The van der Waals surface area contributed by atoms with Gasteiger partial charge in [0.1, 0.15) is 17.6 Å². The molecule has 0 unspecified atom stereocenters. The van der Waals surface area contributed by atoms with Crippen LogP contribution in [0.25, 0.3) is 11.0 Å². The van der Waals surface area contributed by atoms with Crippen molar-refractivity contribution in [1.29, 1.82) is 5.26 Å². The zero-order valence-corrected chi connectivity index (χ0v) is 9.09. The number of hydrogen-bond acceptors (Lipinski definition) is 4. The number of hydrogen-bond donors (Lipinski definition) is 0. The minimum absolute atomic E-state index is 0.0497. The Labute approximate surface area is 98.2 Å². The van der Waals surface area contributed by atoms with Crippen LogP contribution in [0.4, 0.5) is 0 Å². The van der Waals surface area contributed by atoms with E-state index >= 15 is 0 Å². The molecule has 4 nitrogen and oxygen atoms in total. The summed E-state index contributed by atoms with van der Waals surface area (Å²) in [5, 5.41) is 9.67. The Bertz CT molecular complexity index is 572. The Kier molecular flexibility index (Phi) is 3.31. The van der Waals surface area contributed by atoms with Crippen LogP contribution in [0.2, 0.25) is 0 Å². The minimum atomic E-state index is 0.0497. The van der Waals surface area contributed by atoms with E-state index in [9.17, 15) is 4.79 Å². The van der Waals surface area contributed by atoms with Crippen molar-refractivity contribution >= 4 is 23.0 Å². The first-order chi connectivity index (χ1) is 8.35. The highest BCUT2D eigenvalue weighted by Gasteiger charge is 2.09. The standard InChI is InChI=1S/C13H10N2O2/c14-6-5-11(15-7-8-16)13-9-10-3-1-2-4-12(10)17-13/h1-4,8-9H,5,7H2. The van der Waals surface area contributed by atoms with E-state index in [1.54, 1.807) is 0 Å². The second-order valence-corrected chi connectivity index (χ2v) is 3.44. The van der Waals surface area contributed by atoms with Crippen LogP contribution in [0.3, 0.4) is 0 Å². The van der Waals surface area contributed by atoms with Gasteiger partial charge in [0.25, 0.3) is 0 Å². The summed E-state index contributed by atoms with van der Waals surface area (Å²) in [5.74, 6) is 0.551. The molecule has 2 aromatic rings. The largest absolute Gasteiger partial charge is 0.455 e. The zero-order valence-electron chi connectivity index (χ0n) is 9.09. The lowest BCUT2D eigenvalue weighted by Gasteiger charge is -1.95. The Morgan fingerprint density at radius 3 is 3.00 bits per heavy atom. The fourth-order valence-electron chi connectivity index (χ4n) is 1.57. The highest BCUT2D eigenvalue weighted by atomic mass is 16.3. The van der Waals surface area contributed by atoms with Gasteiger partial charge in [0.15, 0.2) is 0 Å². The van der Waals surface area contributed by atoms with Crippen molar-refractivity contribution in [3.63, 3.8) is 0 Å². The molecule has 4 heteroatoms. The van der Waals surface area contributed by atoms with Gasteiger partial charge in [-0.1, -0.05) is 18.2 Å². The first-order valence-electron chi connectivity index (χ1n) is 5.18. The van der Waals surface area contributed by atoms with Crippen molar-refractivity contribution in [3.05, 3.63) is 36.1 Å². The predicted molar refractivity (Wildman–Crippen MR) is 63.9 cm³/mol. The summed E-state index contributed by atoms with van der Waals surface area (Å²) in [5.41, 5.74) is 1.26. The van der Waals surface area contributed by atoms with Crippen molar-refractivity contribution in [2.75, 3.05) is 6.54 Å². The van der Waals surface area contributed by atoms with E-state index < -0.39 is 0 Å². The third kappa shape index (κ3) is 2.40. The van der Waals surface area contributed by atoms with Crippen LogP contribution in [0.15, 0.2) is 39.7 Å². The fraction of sp³-hybridized carbons (Fsp3) is 0.154. The molecule has 0 saturated carbocycles. The third-order valence-electron chi connectivity index (χ3n) is 2.31. The summed E-state index contributed by atoms with van der Waals surface area (Å²) in [6.45, 7) is 0.0497. The van der Waals surface area contributed by atoms with Crippen LogP contribution < -0.4 is 0 Å². The Morgan fingerprint density at radius 2 is 2.29 bits per heavy atom. The lowest BCUT2D eigenvalue weighted by Crippen LogP contribution is -1.99. The van der Waals surface area contributed by atoms with Gasteiger partial charge in [-0.15, -0.1) is 0 Å². The van der Waals surface area contributed by atoms with Crippen LogP contribution in [0, 0.1) is 11.3 Å². The van der Waals surface area contributed by atoms with Crippen LogP contribution in [0.1, 0.15) is 12.2 Å². The summed E-state index contributed by atoms with van der Waals surface area (Å²) >= 11 is 0. The van der Waals surface area contributed by atoms with Gasteiger partial charge in [0.2, 0.25) is 0 Å². The number of aliphatic imine (C=N–C) groups is 1. The average Bonchev–Trinajstić information content (AvgIpc) is 2.78. The Balaban J connectivity index is 2.42. The number of fused-ring (bicyclic) bond motifs is 1. The molecule has 1 heterocycles. The maximum atomic E-state index is 10.3. The van der Waals surface area contributed by atoms with E-state index in [4.69, 9.17) is 9.68 Å². The molecule has 1 aromatic carbocycles. The van der Waals surface area contributed by atoms with Crippen LogP contribution in [-0.2, 0) is 4.79 Å². The van der Waals surface area contributed by atoms with Crippen molar-refractivity contribution in [2.45, 2.75) is 6.42 Å². The molecule has 0 N–H and O–H groups in total. The van der Waals surface area contributed by atoms with E-state index in [0.29, 0.717) is 17.8 Å². The number of para-hydroxylation sites is 1. The minimum Gasteiger partial charge on any atom is -0.455 e. The van der Waals surface area contributed by atoms with Crippen LogP contribution in [-0.4, -0.2) is 18.5 Å². The molecule has 0 radical (unpaired) electrons. The second-order valence-electron chi connectivity index (χ2n) is 3.44. The number of rotatable bonds is 4. The van der Waals surface area contributed by atoms with Gasteiger partial charge >= 0.3 is 0 Å². The average molecular weight is 226 g/mol. The number of carbonyl (C=O) groups is 1. The molecule has 1 aromatic heterocycles. The molecular formula is C13H10N2O2. The maximum Gasteiger partial charge on any atom is 0.150 e. The monoisotopic (exact) mass is 226 g/mol. The van der Waals surface area contributed by atoms with Gasteiger partial charge in [-0.05, 0) is 12.1 Å². The summed E-state index contributed by atoms with van der Waals surface area (Å²) in [7, 11) is 0. The summed E-state index contributed by atoms with van der Waals surface area (Å²) in [6.07, 6.45) is 0.827. The fourth-order valence-corrected chi connectivity index (χ4v) is 1.57. The molecule has 0 amide bonds. The summed E-state index contributed by atoms with van der Waals surface area (Å²) < 4.78 is 5.58. The predicted octanol–water partition coefficient (Wildman–Crippen LogP) is 2.33. The number of aldehydes is 1. The smallest absolute Gasteiger partial charge is 0.150 e. The van der Waals surface area contributed by atoms with Gasteiger partial charge in [-0.2, -0.15) is 5.26 Å². The Hall–Kier alpha value is -2.41. The first kappa shape index (κ1) is 11.1. The number of benzene rings is 1. The van der Waals surface area contributed by atoms with Crippen molar-refractivity contribution in [3.8, 4) is 6.07 Å². The highest BCUT2D eigenvalue weighted by molar-refractivity contribution is 6.02. The van der Waals surface area contributed by atoms with Crippen molar-refractivity contribution in [2.24, 2.45) is 4.99 Å². The summed E-state index contributed by atoms with van der Waals surface area (Å²) in [4.78, 5) is 14.3. The molecule has 0 atom stereocenters. The van der Waals surface area contributed by atoms with E-state index in [2.05, 4.69) is 4.99 Å². The van der Waals surface area contributed by atoms with Gasteiger partial charge < -0.3 is 9.21 Å². The molecule has 2 rings (SSSR count). The number of carbonyl (C=O) groups excluding carboxylic acids is 1. The van der Waals surface area contributed by atoms with Crippen LogP contribution >= 0.6 is 0 Å². The number of nitrogens with zero attached hydrogens (tertiary/aromatic N) is 2. The van der Waals surface area contributed by atoms with E-state index in [-0.39, 0.29) is 13.0 Å². The van der Waals surface area contributed by atoms with Gasteiger partial charge in [-0.3, -0.25) is 4.99 Å². The van der Waals surface area contributed by atoms with Gasteiger partial charge in [0, 0.05) is 5.39 Å². The molecule has 0 saturated heterocycles. The lowest BCUT2D eigenvalue weighted by atomic mass is 10.2. The number of nitriles is 1. The summed E-state index contributed by atoms with van der Waals surface area (Å²) in [6, 6.07) is 11.4. The normalized spacial score (nSPS) is 11.4. The van der Waals surface area contributed by atoms with E-state index in [1.165, 1.54) is 0 Å². The first-order valence-corrected chi connectivity index (χ1v) is 5.18. The molecule has 84 valence electrons. The van der Waals surface area contributed by atoms with E-state index in [1.807, 2.05) is 36.4 Å². The SMILES string of the molecule is N#CCC(=NCC=O)c1cc2ccccc2o1. The molecule has 17 heavy (non-hydrogen) atoms. The van der Waals surface area contributed by atoms with Crippen LogP contribution in [0.5, 0.6) is 0 Å². The molecule has 0 spiro atoms. The third-order valence-corrected chi connectivity index (χ3v) is 2.31. The second kappa shape index (κ2) is 5.08. The molecule has 0 bridgehead atoms. The topological polar surface area (TPSA) is 66.4 Å². The quantitative estimate of drug-likeness (QED) is 0.593. The van der Waals surface area contributed by atoms with Gasteiger partial charge in [-0.25, -0.2) is 0 Å². The maximum absolute atomic E-state index is 10.3. The van der Waals surface area contributed by atoms with Crippen molar-refractivity contribution in [1.82, 2.24) is 0 Å². The number of furan rings is 1. The molecule has 0 fully saturated rings. The molecule has 0 aliphatic heterocycles. The molecule has 0 aliphatic rings. The Morgan fingerprint density at radius 1 is 1.47 bits per heavy atom.